The molecule has 4 aromatic rings. The zero-order valence-corrected chi connectivity index (χ0v) is 24.9. The van der Waals surface area contributed by atoms with Gasteiger partial charge in [-0.3, -0.25) is 18.9 Å². The SMILES string of the molecule is O=Cc1ccccc1C(=O)NCc1ccc2c(c1)C1(CCN(C(=O)c3ccc(C#Cc4ccccc4)o3)CC1)CN2S(=O)(=O)O. The van der Waals surface area contributed by atoms with Crippen molar-refractivity contribution >= 4 is 34.1 Å². The molecule has 11 heteroatoms. The van der Waals surface area contributed by atoms with Gasteiger partial charge < -0.3 is 14.6 Å². The van der Waals surface area contributed by atoms with Crippen molar-refractivity contribution in [3.63, 3.8) is 0 Å². The van der Waals surface area contributed by atoms with Gasteiger partial charge in [0.25, 0.3) is 11.8 Å². The van der Waals surface area contributed by atoms with Crippen molar-refractivity contribution in [1.82, 2.24) is 10.2 Å². The van der Waals surface area contributed by atoms with Crippen molar-refractivity contribution in [2.24, 2.45) is 0 Å². The first kappa shape index (κ1) is 29.9. The first-order valence-electron chi connectivity index (χ1n) is 14.3. The van der Waals surface area contributed by atoms with Crippen molar-refractivity contribution in [2.75, 3.05) is 23.9 Å². The van der Waals surface area contributed by atoms with Crippen molar-refractivity contribution < 1.29 is 31.8 Å². The average Bonchev–Trinajstić information content (AvgIpc) is 3.66. The Morgan fingerprint density at radius 1 is 0.956 bits per heavy atom. The molecule has 6 rings (SSSR count). The zero-order chi connectivity index (χ0) is 31.6. The average molecular weight is 624 g/mol. The number of carbonyl (C=O) groups is 3. The first-order chi connectivity index (χ1) is 21.7. The van der Waals surface area contributed by atoms with Crippen molar-refractivity contribution in [3.8, 4) is 11.8 Å². The maximum atomic E-state index is 13.3. The second-order valence-electron chi connectivity index (χ2n) is 11.1. The summed E-state index contributed by atoms with van der Waals surface area (Å²) in [6, 6.07) is 24.3. The molecule has 2 aliphatic rings. The van der Waals surface area contributed by atoms with E-state index in [1.807, 2.05) is 36.4 Å². The molecule has 0 bridgehead atoms. The molecular weight excluding hydrogens is 594 g/mol. The van der Waals surface area contributed by atoms with Crippen LogP contribution in [0.1, 0.15) is 66.6 Å². The van der Waals surface area contributed by atoms with E-state index < -0.39 is 21.6 Å². The van der Waals surface area contributed by atoms with E-state index in [4.69, 9.17) is 4.42 Å². The molecule has 0 aliphatic carbocycles. The van der Waals surface area contributed by atoms with Crippen LogP contribution in [0.5, 0.6) is 0 Å². The molecule has 1 fully saturated rings. The standard InChI is InChI=1S/C34H29N3O7S/c38-22-26-8-4-5-9-28(26)32(39)35-21-25-11-14-30-29(20-25)34(23-37(30)45(41,42)43)16-18-36(19-17-34)33(40)31-15-13-27(44-31)12-10-24-6-2-1-3-7-24/h1-9,11,13-15,20,22H,16-19,21,23H2,(H,35,39)(H,41,42,43). The van der Waals surface area contributed by atoms with Crippen LogP contribution in [-0.4, -0.2) is 55.6 Å². The van der Waals surface area contributed by atoms with Gasteiger partial charge in [0.15, 0.2) is 17.8 Å². The first-order valence-corrected chi connectivity index (χ1v) is 15.7. The predicted molar refractivity (Wildman–Crippen MR) is 166 cm³/mol. The summed E-state index contributed by atoms with van der Waals surface area (Å²) in [4.78, 5) is 39.1. The van der Waals surface area contributed by atoms with Crippen LogP contribution >= 0.6 is 0 Å². The third kappa shape index (κ3) is 6.11. The molecule has 2 aliphatic heterocycles. The number of furan rings is 1. The van der Waals surface area contributed by atoms with Gasteiger partial charge in [0.05, 0.1) is 5.69 Å². The second-order valence-corrected chi connectivity index (χ2v) is 12.4. The molecule has 1 saturated heterocycles. The number of aldehydes is 1. The molecule has 0 unspecified atom stereocenters. The smallest absolute Gasteiger partial charge is 0.360 e. The summed E-state index contributed by atoms with van der Waals surface area (Å²) in [5.41, 5.74) is 2.52. The number of amides is 2. The Labute approximate surface area is 260 Å². The van der Waals surface area contributed by atoms with Crippen LogP contribution in [0.15, 0.2) is 89.3 Å². The monoisotopic (exact) mass is 623 g/mol. The molecule has 1 aromatic heterocycles. The third-order valence-corrected chi connectivity index (χ3v) is 9.22. The Bertz CT molecular complexity index is 1950. The molecule has 0 atom stereocenters. The highest BCUT2D eigenvalue weighted by Gasteiger charge is 2.48. The van der Waals surface area contributed by atoms with E-state index >= 15 is 0 Å². The van der Waals surface area contributed by atoms with Gasteiger partial charge in [-0.25, -0.2) is 4.31 Å². The van der Waals surface area contributed by atoms with Gasteiger partial charge in [-0.05, 0) is 66.3 Å². The summed E-state index contributed by atoms with van der Waals surface area (Å²) in [5.74, 6) is 5.79. The lowest BCUT2D eigenvalue weighted by atomic mass is 9.74. The van der Waals surface area contributed by atoms with Crippen LogP contribution < -0.4 is 9.62 Å². The van der Waals surface area contributed by atoms with Gasteiger partial charge in [0.1, 0.15) is 0 Å². The Balaban J connectivity index is 1.18. The van der Waals surface area contributed by atoms with Crippen LogP contribution in [0, 0.1) is 11.8 Å². The number of piperidine rings is 1. The van der Waals surface area contributed by atoms with Gasteiger partial charge in [0.2, 0.25) is 0 Å². The summed E-state index contributed by atoms with van der Waals surface area (Å²) in [7, 11) is -4.55. The van der Waals surface area contributed by atoms with E-state index in [0.29, 0.717) is 43.7 Å². The fourth-order valence-electron chi connectivity index (χ4n) is 5.97. The Hall–Kier alpha value is -5.18. The van der Waals surface area contributed by atoms with Crippen molar-refractivity contribution in [1.29, 1.82) is 0 Å². The minimum atomic E-state index is -4.55. The molecular formula is C34H29N3O7S. The van der Waals surface area contributed by atoms with Gasteiger partial charge in [-0.1, -0.05) is 54.5 Å². The number of fused-ring (bicyclic) bond motifs is 2. The van der Waals surface area contributed by atoms with Gasteiger partial charge in [-0.2, -0.15) is 8.42 Å². The lowest BCUT2D eigenvalue weighted by Crippen LogP contribution is -2.47. The molecule has 3 aromatic carbocycles. The van der Waals surface area contributed by atoms with Crippen LogP contribution in [0.3, 0.4) is 0 Å². The van der Waals surface area contributed by atoms with E-state index in [0.717, 1.165) is 21.0 Å². The number of rotatable bonds is 6. The molecule has 0 radical (unpaired) electrons. The molecule has 2 N–H and O–H groups in total. The normalized spacial score (nSPS) is 15.2. The molecule has 0 saturated carbocycles. The third-order valence-electron chi connectivity index (χ3n) is 8.34. The number of nitrogens with one attached hydrogen (secondary N) is 1. The summed E-state index contributed by atoms with van der Waals surface area (Å²) in [6.45, 7) is 0.852. The topological polar surface area (TPSA) is 137 Å². The van der Waals surface area contributed by atoms with E-state index in [1.165, 1.54) is 0 Å². The van der Waals surface area contributed by atoms with Gasteiger partial charge in [0, 0.05) is 48.3 Å². The highest BCUT2D eigenvalue weighted by Crippen LogP contribution is 2.48. The molecule has 228 valence electrons. The second kappa shape index (κ2) is 12.1. The number of anilines is 1. The van der Waals surface area contributed by atoms with Gasteiger partial charge in [-0.15, -0.1) is 0 Å². The van der Waals surface area contributed by atoms with E-state index in [1.54, 1.807) is 53.4 Å². The van der Waals surface area contributed by atoms with Crippen LogP contribution in [-0.2, 0) is 22.3 Å². The quantitative estimate of drug-likeness (QED) is 0.186. The van der Waals surface area contributed by atoms with E-state index in [2.05, 4.69) is 17.2 Å². The summed E-state index contributed by atoms with van der Waals surface area (Å²) in [5, 5.41) is 2.82. The number of likely N-dealkylation sites (tertiary alicyclic amines) is 1. The maximum absolute atomic E-state index is 13.3. The highest BCUT2D eigenvalue weighted by molar-refractivity contribution is 7.87. The summed E-state index contributed by atoms with van der Waals surface area (Å²) < 4.78 is 41.5. The molecule has 45 heavy (non-hydrogen) atoms. The fourth-order valence-corrected chi connectivity index (χ4v) is 6.79. The Morgan fingerprint density at radius 3 is 2.42 bits per heavy atom. The molecule has 1 spiro atoms. The lowest BCUT2D eigenvalue weighted by Gasteiger charge is -2.39. The van der Waals surface area contributed by atoms with Crippen molar-refractivity contribution in [2.45, 2.75) is 24.8 Å². The van der Waals surface area contributed by atoms with Crippen molar-refractivity contribution in [3.05, 3.63) is 124 Å². The minimum Gasteiger partial charge on any atom is -0.443 e. The Morgan fingerprint density at radius 2 is 1.69 bits per heavy atom. The van der Waals surface area contributed by atoms with Crippen LogP contribution in [0.2, 0.25) is 0 Å². The highest BCUT2D eigenvalue weighted by atomic mass is 32.2. The molecule has 2 amide bonds. The summed E-state index contributed by atoms with van der Waals surface area (Å²) in [6.07, 6.45) is 1.52. The number of hydrogen-bond donors (Lipinski definition) is 2. The van der Waals surface area contributed by atoms with Crippen LogP contribution in [0.25, 0.3) is 0 Å². The van der Waals surface area contributed by atoms with Crippen LogP contribution in [0.4, 0.5) is 5.69 Å². The Kier molecular flexibility index (Phi) is 8.01. The number of hydrogen-bond acceptors (Lipinski definition) is 6. The number of nitrogens with zero attached hydrogens (tertiary/aromatic N) is 2. The lowest BCUT2D eigenvalue weighted by molar-refractivity contribution is 0.0642. The van der Waals surface area contributed by atoms with E-state index in [-0.39, 0.29) is 35.9 Å². The molecule has 10 nitrogen and oxygen atoms in total. The van der Waals surface area contributed by atoms with Gasteiger partial charge >= 0.3 is 10.3 Å². The largest absolute Gasteiger partial charge is 0.443 e. The fraction of sp³-hybridized carbons (Fsp3) is 0.206. The maximum Gasteiger partial charge on any atom is 0.360 e. The predicted octanol–water partition coefficient (Wildman–Crippen LogP) is 4.22. The number of benzene rings is 3. The molecule has 3 heterocycles. The zero-order valence-electron chi connectivity index (χ0n) is 24.1. The van der Waals surface area contributed by atoms with E-state index in [9.17, 15) is 27.4 Å². The minimum absolute atomic E-state index is 0.0334. The summed E-state index contributed by atoms with van der Waals surface area (Å²) >= 11 is 0. The number of carbonyl (C=O) groups excluding carboxylic acids is 3.